The van der Waals surface area contributed by atoms with E-state index in [4.69, 9.17) is 5.41 Å². The predicted molar refractivity (Wildman–Crippen MR) is 124 cm³/mol. The third-order valence-corrected chi connectivity index (χ3v) is 10.00. The number of nitrogens with one attached hydrogen (secondary N) is 2. The van der Waals surface area contributed by atoms with Crippen LogP contribution in [0.5, 0.6) is 0 Å². The molecule has 5 heteroatoms. The van der Waals surface area contributed by atoms with Crippen molar-refractivity contribution in [3.8, 4) is 11.8 Å². The lowest BCUT2D eigenvalue weighted by atomic mass is 9.90. The SMILES string of the molecule is CC#Cc1ccc2sc3ccc([C@]4(C)C[S+]([O-])[C@@](C)(C5CC5)C(=N)N4)cc3c2c1. The average molecular weight is 421 g/mol. The first-order valence-electron chi connectivity index (χ1n) is 10.0. The zero-order chi connectivity index (χ0) is 20.4. The van der Waals surface area contributed by atoms with Gasteiger partial charge >= 0.3 is 0 Å². The van der Waals surface area contributed by atoms with Gasteiger partial charge in [0.1, 0.15) is 11.3 Å². The summed E-state index contributed by atoms with van der Waals surface area (Å²) in [6.07, 6.45) is 2.16. The van der Waals surface area contributed by atoms with Gasteiger partial charge in [0.2, 0.25) is 0 Å². The Kier molecular flexibility index (Phi) is 4.26. The Morgan fingerprint density at radius 3 is 2.48 bits per heavy atom. The summed E-state index contributed by atoms with van der Waals surface area (Å²) in [5.74, 6) is 7.47. The number of amidine groups is 1. The molecule has 2 fully saturated rings. The van der Waals surface area contributed by atoms with Crippen LogP contribution in [0, 0.1) is 23.2 Å². The number of hydrogen-bond donors (Lipinski definition) is 2. The second kappa shape index (κ2) is 6.50. The van der Waals surface area contributed by atoms with Crippen molar-refractivity contribution < 1.29 is 4.55 Å². The first kappa shape index (κ1) is 19.0. The topological polar surface area (TPSA) is 58.9 Å². The average Bonchev–Trinajstić information content (AvgIpc) is 3.48. The van der Waals surface area contributed by atoms with Gasteiger partial charge in [-0.25, -0.2) is 0 Å². The summed E-state index contributed by atoms with van der Waals surface area (Å²) >= 11 is 0.713. The molecule has 2 N–H and O–H groups in total. The molecule has 0 radical (unpaired) electrons. The van der Waals surface area contributed by atoms with Gasteiger partial charge in [-0.2, -0.15) is 0 Å². The van der Waals surface area contributed by atoms with E-state index in [1.165, 1.54) is 20.2 Å². The van der Waals surface area contributed by atoms with E-state index in [1.54, 1.807) is 11.3 Å². The van der Waals surface area contributed by atoms with E-state index in [1.807, 2.05) is 13.8 Å². The van der Waals surface area contributed by atoms with Crippen LogP contribution in [0.4, 0.5) is 0 Å². The number of thiophene rings is 1. The van der Waals surface area contributed by atoms with Gasteiger partial charge in [-0.05, 0) is 80.7 Å². The highest BCUT2D eigenvalue weighted by molar-refractivity contribution is 7.93. The van der Waals surface area contributed by atoms with Crippen LogP contribution in [0.2, 0.25) is 0 Å². The molecule has 2 aliphatic rings. The summed E-state index contributed by atoms with van der Waals surface area (Å²) in [5, 5.41) is 14.5. The molecule has 29 heavy (non-hydrogen) atoms. The Hall–Kier alpha value is -2.00. The van der Waals surface area contributed by atoms with Crippen LogP contribution < -0.4 is 5.32 Å². The van der Waals surface area contributed by atoms with E-state index in [0.717, 1.165) is 24.0 Å². The summed E-state index contributed by atoms with van der Waals surface area (Å²) < 4.78 is 15.2. The second-order valence-electron chi connectivity index (χ2n) is 8.60. The maximum Gasteiger partial charge on any atom is 0.181 e. The fourth-order valence-corrected chi connectivity index (χ4v) is 7.50. The van der Waals surface area contributed by atoms with Crippen LogP contribution in [-0.2, 0) is 16.7 Å². The molecule has 148 valence electrons. The Balaban J connectivity index is 1.59. The summed E-state index contributed by atoms with van der Waals surface area (Å²) in [6.45, 7) is 5.94. The Labute approximate surface area is 178 Å². The van der Waals surface area contributed by atoms with E-state index < -0.39 is 21.5 Å². The fourth-order valence-electron chi connectivity index (χ4n) is 4.48. The van der Waals surface area contributed by atoms with Crippen molar-refractivity contribution in [1.82, 2.24) is 5.32 Å². The van der Waals surface area contributed by atoms with Gasteiger partial charge < -0.3 is 9.87 Å². The minimum Gasteiger partial charge on any atom is -0.615 e. The van der Waals surface area contributed by atoms with Crippen molar-refractivity contribution in [3.05, 3.63) is 47.5 Å². The maximum atomic E-state index is 13.3. The predicted octanol–water partition coefficient (Wildman–Crippen LogP) is 5.14. The van der Waals surface area contributed by atoms with Gasteiger partial charge in [0.05, 0.1) is 0 Å². The van der Waals surface area contributed by atoms with Gasteiger partial charge in [-0.1, -0.05) is 12.0 Å². The van der Waals surface area contributed by atoms with Crippen LogP contribution in [0.25, 0.3) is 20.2 Å². The number of hydrogen-bond acceptors (Lipinski definition) is 3. The van der Waals surface area contributed by atoms with Gasteiger partial charge in [-0.3, -0.25) is 5.41 Å². The number of fused-ring (bicyclic) bond motifs is 3. The van der Waals surface area contributed by atoms with Gasteiger partial charge in [-0.15, -0.1) is 17.3 Å². The third-order valence-electron chi connectivity index (χ3n) is 6.52. The van der Waals surface area contributed by atoms with E-state index in [9.17, 15) is 4.55 Å². The first-order chi connectivity index (χ1) is 13.8. The molecule has 3 aromatic rings. The molecule has 1 saturated heterocycles. The smallest absolute Gasteiger partial charge is 0.181 e. The molecule has 3 atom stereocenters. The lowest BCUT2D eigenvalue weighted by molar-refractivity contribution is 0.427. The summed E-state index contributed by atoms with van der Waals surface area (Å²) in [6, 6.07) is 12.9. The molecule has 1 saturated carbocycles. The molecule has 5 rings (SSSR count). The van der Waals surface area contributed by atoms with Gasteiger partial charge in [0, 0.05) is 31.7 Å². The van der Waals surface area contributed by atoms with E-state index in [-0.39, 0.29) is 0 Å². The van der Waals surface area contributed by atoms with Crippen LogP contribution in [0.15, 0.2) is 36.4 Å². The van der Waals surface area contributed by atoms with E-state index in [0.29, 0.717) is 17.5 Å². The lowest BCUT2D eigenvalue weighted by Crippen LogP contribution is -2.65. The molecule has 1 unspecified atom stereocenters. The molecule has 0 amide bonds. The van der Waals surface area contributed by atoms with Crippen molar-refractivity contribution >= 4 is 48.5 Å². The zero-order valence-electron chi connectivity index (χ0n) is 16.9. The molecule has 2 heterocycles. The zero-order valence-corrected chi connectivity index (χ0v) is 18.5. The molecular weight excluding hydrogens is 396 g/mol. The van der Waals surface area contributed by atoms with Crippen molar-refractivity contribution in [2.75, 3.05) is 5.75 Å². The fraction of sp³-hybridized carbons (Fsp3) is 0.375. The highest BCUT2D eigenvalue weighted by Gasteiger charge is 2.59. The quantitative estimate of drug-likeness (QED) is 0.445. The molecule has 1 aliphatic carbocycles. The Morgan fingerprint density at radius 1 is 1.14 bits per heavy atom. The maximum absolute atomic E-state index is 13.3. The minimum absolute atomic E-state index is 0.384. The second-order valence-corrected chi connectivity index (χ2v) is 11.5. The number of benzene rings is 2. The van der Waals surface area contributed by atoms with Crippen molar-refractivity contribution in [1.29, 1.82) is 5.41 Å². The lowest BCUT2D eigenvalue weighted by Gasteiger charge is -2.46. The Bertz CT molecular complexity index is 1220. The molecule has 2 aromatic carbocycles. The van der Waals surface area contributed by atoms with Gasteiger partial charge in [0.15, 0.2) is 10.6 Å². The van der Waals surface area contributed by atoms with Crippen LogP contribution in [0.1, 0.15) is 44.7 Å². The van der Waals surface area contributed by atoms with Gasteiger partial charge in [0.25, 0.3) is 0 Å². The van der Waals surface area contributed by atoms with E-state index >= 15 is 0 Å². The minimum atomic E-state index is -1.07. The number of rotatable bonds is 2. The highest BCUT2D eigenvalue weighted by atomic mass is 32.2. The first-order valence-corrected chi connectivity index (χ1v) is 12.1. The van der Waals surface area contributed by atoms with Crippen LogP contribution >= 0.6 is 11.3 Å². The van der Waals surface area contributed by atoms with Crippen LogP contribution in [0.3, 0.4) is 0 Å². The molecular formula is C24H24N2OS2. The largest absolute Gasteiger partial charge is 0.615 e. The van der Waals surface area contributed by atoms with Crippen molar-refractivity contribution in [3.63, 3.8) is 0 Å². The standard InChI is InChI=1S/C24H24N2OS2/c1-4-5-15-6-10-20-18(12-15)19-13-17(9-11-21(19)28-20)23(2)14-29(27)24(3,16-7-8-16)22(25)26-23/h6,9-13,16H,7-8,14H2,1-3H3,(H2,25,26)/t23-,24-,29?/m0/s1. The van der Waals surface area contributed by atoms with Crippen molar-refractivity contribution in [2.45, 2.75) is 43.9 Å². The molecule has 0 spiro atoms. The summed E-state index contributed by atoms with van der Waals surface area (Å²) in [7, 11) is 0. The van der Waals surface area contributed by atoms with E-state index in [2.05, 4.69) is 60.5 Å². The molecule has 1 aliphatic heterocycles. The monoisotopic (exact) mass is 420 g/mol. The molecule has 3 nitrogen and oxygen atoms in total. The van der Waals surface area contributed by atoms with Crippen molar-refractivity contribution in [2.24, 2.45) is 5.92 Å². The highest BCUT2D eigenvalue weighted by Crippen LogP contribution is 2.48. The molecule has 1 aromatic heterocycles. The third kappa shape index (κ3) is 2.89. The summed E-state index contributed by atoms with van der Waals surface area (Å²) in [5.41, 5.74) is 1.61. The normalized spacial score (nSPS) is 29.5. The summed E-state index contributed by atoms with van der Waals surface area (Å²) in [4.78, 5) is 0. The Morgan fingerprint density at radius 2 is 1.83 bits per heavy atom. The van der Waals surface area contributed by atoms with Crippen LogP contribution in [-0.4, -0.2) is 20.9 Å². The molecule has 0 bridgehead atoms.